The van der Waals surface area contributed by atoms with Crippen molar-refractivity contribution in [3.05, 3.63) is 71.4 Å². The van der Waals surface area contributed by atoms with E-state index in [4.69, 9.17) is 9.15 Å². The zero-order valence-corrected chi connectivity index (χ0v) is 17.7. The minimum atomic E-state index is -1.16. The smallest absolute Gasteiger partial charge is 0.325 e. The molecule has 1 N–H and O–H groups in total. The Hall–Kier alpha value is -3.65. The van der Waals surface area contributed by atoms with Gasteiger partial charge in [-0.15, -0.1) is 11.3 Å². The molecule has 2 aromatic carbocycles. The topological polar surface area (TPSA) is 84.7 Å². The van der Waals surface area contributed by atoms with E-state index in [9.17, 15) is 9.59 Å². The lowest BCUT2D eigenvalue weighted by Gasteiger charge is -2.22. The van der Waals surface area contributed by atoms with E-state index in [0.717, 1.165) is 21.4 Å². The molecule has 1 fully saturated rings. The molecule has 1 aliphatic heterocycles. The van der Waals surface area contributed by atoms with E-state index >= 15 is 0 Å². The van der Waals surface area contributed by atoms with Crippen molar-refractivity contribution in [3.63, 3.8) is 0 Å². The van der Waals surface area contributed by atoms with Crippen LogP contribution >= 0.6 is 11.3 Å². The number of benzene rings is 2. The van der Waals surface area contributed by atoms with Gasteiger partial charge in [0.15, 0.2) is 0 Å². The van der Waals surface area contributed by atoms with Gasteiger partial charge in [0, 0.05) is 0 Å². The summed E-state index contributed by atoms with van der Waals surface area (Å²) in [6, 6.07) is 14.8. The number of rotatable bonds is 5. The van der Waals surface area contributed by atoms with Crippen molar-refractivity contribution in [2.75, 3.05) is 7.11 Å². The van der Waals surface area contributed by atoms with E-state index < -0.39 is 11.6 Å². The first kappa shape index (κ1) is 19.3. The number of nitrogens with zero attached hydrogens (tertiary/aromatic N) is 2. The highest BCUT2D eigenvalue weighted by atomic mass is 32.1. The number of oxazole rings is 1. The van der Waals surface area contributed by atoms with Crippen LogP contribution in [0.1, 0.15) is 18.2 Å². The first-order valence-corrected chi connectivity index (χ1v) is 10.6. The Morgan fingerprint density at radius 3 is 2.74 bits per heavy atom. The first-order valence-electron chi connectivity index (χ1n) is 9.68. The van der Waals surface area contributed by atoms with Gasteiger partial charge in [0.25, 0.3) is 5.91 Å². The van der Waals surface area contributed by atoms with Gasteiger partial charge in [0.1, 0.15) is 17.6 Å². The average molecular weight is 433 g/mol. The number of hydrogen-bond acceptors (Lipinski definition) is 6. The fraction of sp³-hybridized carbons (Fsp3) is 0.174. The fourth-order valence-corrected chi connectivity index (χ4v) is 4.41. The molecule has 1 atom stereocenters. The van der Waals surface area contributed by atoms with Gasteiger partial charge in [-0.25, -0.2) is 9.78 Å². The van der Waals surface area contributed by atoms with Crippen molar-refractivity contribution in [1.29, 1.82) is 0 Å². The minimum absolute atomic E-state index is 0.0416. The summed E-state index contributed by atoms with van der Waals surface area (Å²) in [5.74, 6) is 0.910. The summed E-state index contributed by atoms with van der Waals surface area (Å²) in [6.45, 7) is 1.76. The number of ether oxygens (including phenoxy) is 1. The number of fused-ring (bicyclic) bond motifs is 1. The maximum absolute atomic E-state index is 13.3. The molecule has 7 nitrogen and oxygen atoms in total. The molecular formula is C23H19N3O4S. The Morgan fingerprint density at radius 1 is 1.16 bits per heavy atom. The number of carbonyl (C=O) groups is 2. The number of aromatic nitrogens is 1. The van der Waals surface area contributed by atoms with Crippen molar-refractivity contribution in [2.24, 2.45) is 0 Å². The lowest BCUT2D eigenvalue weighted by atomic mass is 9.90. The Morgan fingerprint density at radius 2 is 1.97 bits per heavy atom. The van der Waals surface area contributed by atoms with Crippen molar-refractivity contribution in [3.8, 4) is 16.5 Å². The normalized spacial score (nSPS) is 18.6. The molecular weight excluding hydrogens is 414 g/mol. The molecule has 3 heterocycles. The standard InChI is InChI=1S/C23H19N3O4S/c1-23(16-7-5-15-11-18(29-2)8-6-14(15)10-16)21(27)26(22(28)25-23)12-17-13-30-20(24-17)19-4-3-9-31-19/h3-11,13H,12H2,1-2H3,(H,25,28)/t23-/m1/s1. The number of imide groups is 1. The van der Waals surface area contributed by atoms with Crippen LogP contribution in [0.15, 0.2) is 64.6 Å². The zero-order chi connectivity index (χ0) is 21.6. The maximum Gasteiger partial charge on any atom is 0.325 e. The summed E-state index contributed by atoms with van der Waals surface area (Å²) in [5, 5.41) is 6.72. The van der Waals surface area contributed by atoms with Crippen molar-refractivity contribution in [2.45, 2.75) is 19.0 Å². The van der Waals surface area contributed by atoms with Crippen LogP contribution in [0.2, 0.25) is 0 Å². The monoisotopic (exact) mass is 433 g/mol. The molecule has 1 saturated heterocycles. The molecule has 1 aliphatic rings. The number of amides is 3. The predicted octanol–water partition coefficient (Wildman–Crippen LogP) is 4.53. The third-order valence-corrected chi connectivity index (χ3v) is 6.36. The fourth-order valence-electron chi connectivity index (χ4n) is 3.75. The summed E-state index contributed by atoms with van der Waals surface area (Å²) < 4.78 is 10.8. The van der Waals surface area contributed by atoms with Crippen molar-refractivity contribution < 1.29 is 18.7 Å². The van der Waals surface area contributed by atoms with Gasteiger partial charge in [0.2, 0.25) is 5.89 Å². The quantitative estimate of drug-likeness (QED) is 0.468. The summed E-state index contributed by atoms with van der Waals surface area (Å²) in [4.78, 5) is 32.4. The van der Waals surface area contributed by atoms with Crippen LogP contribution in [0.5, 0.6) is 5.75 Å². The van der Waals surface area contributed by atoms with Crippen LogP contribution in [0.25, 0.3) is 21.5 Å². The summed E-state index contributed by atoms with van der Waals surface area (Å²) in [6.07, 6.45) is 1.48. The van der Waals surface area contributed by atoms with Crippen molar-refractivity contribution in [1.82, 2.24) is 15.2 Å². The van der Waals surface area contributed by atoms with Crippen LogP contribution in [0.3, 0.4) is 0 Å². The lowest BCUT2D eigenvalue weighted by Crippen LogP contribution is -2.40. The van der Waals surface area contributed by atoms with E-state index in [2.05, 4.69) is 10.3 Å². The summed E-state index contributed by atoms with van der Waals surface area (Å²) in [7, 11) is 1.62. The minimum Gasteiger partial charge on any atom is -0.497 e. The molecule has 0 radical (unpaired) electrons. The number of carbonyl (C=O) groups excluding carboxylic acids is 2. The molecule has 3 amide bonds. The lowest BCUT2D eigenvalue weighted by molar-refractivity contribution is -0.131. The largest absolute Gasteiger partial charge is 0.497 e. The first-order chi connectivity index (χ1) is 15.0. The van der Waals surface area contributed by atoms with Gasteiger partial charge in [0.05, 0.1) is 24.2 Å². The van der Waals surface area contributed by atoms with E-state index in [1.807, 2.05) is 53.9 Å². The maximum atomic E-state index is 13.3. The number of methoxy groups -OCH3 is 1. The van der Waals surface area contributed by atoms with Crippen molar-refractivity contribution >= 4 is 34.0 Å². The highest BCUT2D eigenvalue weighted by Crippen LogP contribution is 2.33. The number of hydrogen-bond donors (Lipinski definition) is 1. The van der Waals surface area contributed by atoms with E-state index in [1.54, 1.807) is 14.0 Å². The van der Waals surface area contributed by atoms with Crippen LogP contribution in [-0.4, -0.2) is 28.9 Å². The molecule has 0 aliphatic carbocycles. The number of thiophene rings is 1. The Labute approximate surface area is 182 Å². The van der Waals surface area contributed by atoms with Crippen LogP contribution in [0.4, 0.5) is 4.79 Å². The van der Waals surface area contributed by atoms with Gasteiger partial charge >= 0.3 is 6.03 Å². The van der Waals surface area contributed by atoms with E-state index in [-0.39, 0.29) is 12.5 Å². The Kier molecular flexibility index (Phi) is 4.51. The predicted molar refractivity (Wildman–Crippen MR) is 117 cm³/mol. The highest BCUT2D eigenvalue weighted by Gasteiger charge is 2.49. The summed E-state index contributed by atoms with van der Waals surface area (Å²) >= 11 is 1.51. The third kappa shape index (κ3) is 3.25. The molecule has 4 aromatic rings. The number of urea groups is 1. The second-order valence-corrected chi connectivity index (χ2v) is 8.44. The molecule has 5 rings (SSSR count). The van der Waals surface area contributed by atoms with E-state index in [1.165, 1.54) is 22.5 Å². The highest BCUT2D eigenvalue weighted by molar-refractivity contribution is 7.13. The van der Waals surface area contributed by atoms with Crippen LogP contribution in [0, 0.1) is 0 Å². The zero-order valence-electron chi connectivity index (χ0n) is 16.9. The number of nitrogens with one attached hydrogen (secondary N) is 1. The van der Waals surface area contributed by atoms with E-state index in [0.29, 0.717) is 17.1 Å². The average Bonchev–Trinajstić information content (AvgIpc) is 3.51. The van der Waals surface area contributed by atoms with Gasteiger partial charge in [-0.05, 0) is 52.9 Å². The van der Waals surface area contributed by atoms with Gasteiger partial charge in [-0.3, -0.25) is 9.69 Å². The SMILES string of the molecule is COc1ccc2cc([C@@]3(C)NC(=O)N(Cc4coc(-c5cccs5)n4)C3=O)ccc2c1. The molecule has 156 valence electrons. The van der Waals surface area contributed by atoms with Gasteiger partial charge < -0.3 is 14.5 Å². The molecule has 0 unspecified atom stereocenters. The molecule has 0 bridgehead atoms. The third-order valence-electron chi connectivity index (χ3n) is 5.50. The molecule has 31 heavy (non-hydrogen) atoms. The van der Waals surface area contributed by atoms with Crippen LogP contribution in [-0.2, 0) is 16.9 Å². The van der Waals surface area contributed by atoms with Gasteiger partial charge in [-0.2, -0.15) is 0 Å². The Bertz CT molecular complexity index is 1300. The molecule has 0 spiro atoms. The van der Waals surface area contributed by atoms with Gasteiger partial charge in [-0.1, -0.05) is 24.3 Å². The molecule has 0 saturated carbocycles. The second kappa shape index (κ2) is 7.24. The molecule has 2 aromatic heterocycles. The Balaban J connectivity index is 1.42. The van der Waals surface area contributed by atoms with Crippen LogP contribution < -0.4 is 10.1 Å². The molecule has 8 heteroatoms. The second-order valence-electron chi connectivity index (χ2n) is 7.50. The summed E-state index contributed by atoms with van der Waals surface area (Å²) in [5.41, 5.74) is 0.0677.